The zero-order valence-electron chi connectivity index (χ0n) is 12.4. The number of carbonyl (C=O) groups excluding carboxylic acids is 1. The van der Waals surface area contributed by atoms with Gasteiger partial charge in [0.2, 0.25) is 0 Å². The number of amides is 1. The molecule has 4 heteroatoms. The molecule has 106 valence electrons. The SMILES string of the molecule is Cc1cc(C(=O)N2CCN(CC(C)C)CC2)c(C)o1. The van der Waals surface area contributed by atoms with E-state index in [0.29, 0.717) is 5.92 Å². The standard InChI is InChI=1S/C15H24N2O2/c1-11(2)10-16-5-7-17(8-6-16)15(18)14-9-12(3)19-13(14)4/h9,11H,5-8,10H2,1-4H3. The molecule has 0 radical (unpaired) electrons. The molecule has 1 aliphatic heterocycles. The van der Waals surface area contributed by atoms with E-state index in [1.165, 1.54) is 0 Å². The molecule has 0 aromatic carbocycles. The highest BCUT2D eigenvalue weighted by Gasteiger charge is 2.24. The van der Waals surface area contributed by atoms with E-state index in [0.717, 1.165) is 49.8 Å². The van der Waals surface area contributed by atoms with Gasteiger partial charge in [0, 0.05) is 32.7 Å². The van der Waals surface area contributed by atoms with Crippen molar-refractivity contribution in [1.82, 2.24) is 9.80 Å². The Bertz CT molecular complexity index is 443. The van der Waals surface area contributed by atoms with Crippen LogP contribution in [0.1, 0.15) is 35.7 Å². The first-order valence-electron chi connectivity index (χ1n) is 7.06. The molecule has 1 saturated heterocycles. The summed E-state index contributed by atoms with van der Waals surface area (Å²) in [6, 6.07) is 1.85. The fourth-order valence-electron chi connectivity index (χ4n) is 2.66. The van der Waals surface area contributed by atoms with Gasteiger partial charge in [-0.1, -0.05) is 13.8 Å². The van der Waals surface area contributed by atoms with Gasteiger partial charge < -0.3 is 9.32 Å². The predicted molar refractivity (Wildman–Crippen MR) is 75.4 cm³/mol. The lowest BCUT2D eigenvalue weighted by Gasteiger charge is -2.35. The molecule has 0 N–H and O–H groups in total. The zero-order chi connectivity index (χ0) is 14.0. The molecule has 1 aliphatic rings. The summed E-state index contributed by atoms with van der Waals surface area (Å²) in [5, 5.41) is 0. The maximum absolute atomic E-state index is 12.4. The monoisotopic (exact) mass is 264 g/mol. The second-order valence-corrected chi connectivity index (χ2v) is 5.81. The van der Waals surface area contributed by atoms with Crippen molar-refractivity contribution in [3.63, 3.8) is 0 Å². The minimum atomic E-state index is 0.110. The van der Waals surface area contributed by atoms with Crippen LogP contribution in [0, 0.1) is 19.8 Å². The molecule has 1 amide bonds. The van der Waals surface area contributed by atoms with Crippen LogP contribution in [0.2, 0.25) is 0 Å². The van der Waals surface area contributed by atoms with Crippen LogP contribution in [0.4, 0.5) is 0 Å². The summed E-state index contributed by atoms with van der Waals surface area (Å²) in [5.74, 6) is 2.32. The van der Waals surface area contributed by atoms with Crippen LogP contribution in [0.3, 0.4) is 0 Å². The Labute approximate surface area is 115 Å². The maximum Gasteiger partial charge on any atom is 0.257 e. The van der Waals surface area contributed by atoms with Crippen molar-refractivity contribution >= 4 is 5.91 Å². The van der Waals surface area contributed by atoms with Crippen LogP contribution in [0.25, 0.3) is 0 Å². The molecule has 4 nitrogen and oxygen atoms in total. The van der Waals surface area contributed by atoms with Gasteiger partial charge in [-0.05, 0) is 25.8 Å². The van der Waals surface area contributed by atoms with E-state index in [-0.39, 0.29) is 5.91 Å². The van der Waals surface area contributed by atoms with Gasteiger partial charge in [0.05, 0.1) is 5.56 Å². The summed E-state index contributed by atoms with van der Waals surface area (Å²) in [6.45, 7) is 12.9. The van der Waals surface area contributed by atoms with Gasteiger partial charge in [0.15, 0.2) is 0 Å². The second-order valence-electron chi connectivity index (χ2n) is 5.81. The minimum absolute atomic E-state index is 0.110. The van der Waals surface area contributed by atoms with E-state index in [1.54, 1.807) is 0 Å². The van der Waals surface area contributed by atoms with Gasteiger partial charge in [-0.25, -0.2) is 0 Å². The number of hydrogen-bond donors (Lipinski definition) is 0. The molecule has 0 saturated carbocycles. The van der Waals surface area contributed by atoms with Crippen molar-refractivity contribution in [3.05, 3.63) is 23.2 Å². The largest absolute Gasteiger partial charge is 0.466 e. The number of aryl methyl sites for hydroxylation is 2. The summed E-state index contributed by atoms with van der Waals surface area (Å²) >= 11 is 0. The summed E-state index contributed by atoms with van der Waals surface area (Å²) in [7, 11) is 0. The molecule has 1 aromatic heterocycles. The molecule has 0 atom stereocenters. The van der Waals surface area contributed by atoms with E-state index in [2.05, 4.69) is 18.7 Å². The number of rotatable bonds is 3. The Morgan fingerprint density at radius 2 is 1.89 bits per heavy atom. The van der Waals surface area contributed by atoms with Crippen molar-refractivity contribution in [2.75, 3.05) is 32.7 Å². The molecule has 0 spiro atoms. The zero-order valence-corrected chi connectivity index (χ0v) is 12.4. The van der Waals surface area contributed by atoms with Crippen molar-refractivity contribution in [1.29, 1.82) is 0 Å². The first-order valence-corrected chi connectivity index (χ1v) is 7.06. The fraction of sp³-hybridized carbons (Fsp3) is 0.667. The third kappa shape index (κ3) is 3.38. The predicted octanol–water partition coefficient (Wildman–Crippen LogP) is 2.31. The summed E-state index contributed by atoms with van der Waals surface area (Å²) in [4.78, 5) is 16.8. The number of piperazine rings is 1. The van der Waals surface area contributed by atoms with Gasteiger partial charge in [0.1, 0.15) is 11.5 Å². The number of carbonyl (C=O) groups is 1. The van der Waals surface area contributed by atoms with E-state index in [1.807, 2.05) is 24.8 Å². The van der Waals surface area contributed by atoms with E-state index >= 15 is 0 Å². The van der Waals surface area contributed by atoms with Gasteiger partial charge in [-0.2, -0.15) is 0 Å². The molecule has 2 heterocycles. The molecule has 1 aromatic rings. The Hall–Kier alpha value is -1.29. The minimum Gasteiger partial charge on any atom is -0.466 e. The third-order valence-corrected chi connectivity index (χ3v) is 3.55. The summed E-state index contributed by atoms with van der Waals surface area (Å²) in [6.07, 6.45) is 0. The van der Waals surface area contributed by atoms with Crippen molar-refractivity contribution in [2.45, 2.75) is 27.7 Å². The van der Waals surface area contributed by atoms with Gasteiger partial charge in [-0.3, -0.25) is 9.69 Å². The molecular weight excluding hydrogens is 240 g/mol. The number of hydrogen-bond acceptors (Lipinski definition) is 3. The van der Waals surface area contributed by atoms with Gasteiger partial charge in [0.25, 0.3) is 5.91 Å². The second kappa shape index (κ2) is 5.78. The lowest BCUT2D eigenvalue weighted by Crippen LogP contribution is -2.49. The highest BCUT2D eigenvalue weighted by Crippen LogP contribution is 2.17. The van der Waals surface area contributed by atoms with Crippen LogP contribution >= 0.6 is 0 Å². The van der Waals surface area contributed by atoms with Crippen LogP contribution in [0.15, 0.2) is 10.5 Å². The lowest BCUT2D eigenvalue weighted by atomic mass is 10.1. The Kier molecular flexibility index (Phi) is 4.30. The van der Waals surface area contributed by atoms with Crippen molar-refractivity contribution < 1.29 is 9.21 Å². The van der Waals surface area contributed by atoms with E-state index in [9.17, 15) is 4.79 Å². The quantitative estimate of drug-likeness (QED) is 0.840. The summed E-state index contributed by atoms with van der Waals surface area (Å²) in [5.41, 5.74) is 0.717. The van der Waals surface area contributed by atoms with Crippen molar-refractivity contribution in [2.24, 2.45) is 5.92 Å². The molecule has 19 heavy (non-hydrogen) atoms. The third-order valence-electron chi connectivity index (χ3n) is 3.55. The first-order chi connectivity index (χ1) is 8.97. The average Bonchev–Trinajstić information content (AvgIpc) is 2.68. The highest BCUT2D eigenvalue weighted by molar-refractivity contribution is 5.95. The van der Waals surface area contributed by atoms with Crippen molar-refractivity contribution in [3.8, 4) is 0 Å². The first kappa shape index (κ1) is 14.1. The molecule has 0 unspecified atom stereocenters. The van der Waals surface area contributed by atoms with Gasteiger partial charge >= 0.3 is 0 Å². The summed E-state index contributed by atoms with van der Waals surface area (Å²) < 4.78 is 5.44. The molecular formula is C15H24N2O2. The number of furan rings is 1. The maximum atomic E-state index is 12.4. The normalized spacial score (nSPS) is 17.2. The Morgan fingerprint density at radius 3 is 2.37 bits per heavy atom. The van der Waals surface area contributed by atoms with Gasteiger partial charge in [-0.15, -0.1) is 0 Å². The van der Waals surface area contributed by atoms with E-state index in [4.69, 9.17) is 4.42 Å². The van der Waals surface area contributed by atoms with Crippen LogP contribution in [0.5, 0.6) is 0 Å². The Morgan fingerprint density at radius 1 is 1.26 bits per heavy atom. The molecule has 2 rings (SSSR count). The average molecular weight is 264 g/mol. The molecule has 1 fully saturated rings. The highest BCUT2D eigenvalue weighted by atomic mass is 16.3. The number of nitrogens with zero attached hydrogens (tertiary/aromatic N) is 2. The topological polar surface area (TPSA) is 36.7 Å². The van der Waals surface area contributed by atoms with Crippen LogP contribution in [-0.4, -0.2) is 48.4 Å². The fourth-order valence-corrected chi connectivity index (χ4v) is 2.66. The Balaban J connectivity index is 1.94. The molecule has 0 aliphatic carbocycles. The van der Waals surface area contributed by atoms with Crippen LogP contribution in [-0.2, 0) is 0 Å². The van der Waals surface area contributed by atoms with Crippen LogP contribution < -0.4 is 0 Å². The lowest BCUT2D eigenvalue weighted by molar-refractivity contribution is 0.0622. The van der Waals surface area contributed by atoms with E-state index < -0.39 is 0 Å². The smallest absolute Gasteiger partial charge is 0.257 e. The molecule has 0 bridgehead atoms.